The van der Waals surface area contributed by atoms with E-state index in [4.69, 9.17) is 32.0 Å². The van der Waals surface area contributed by atoms with E-state index >= 15 is 8.78 Å². The third kappa shape index (κ3) is 5.08. The van der Waals surface area contributed by atoms with Crippen LogP contribution in [0.15, 0.2) is 18.2 Å². The Hall–Kier alpha value is -3.83. The summed E-state index contributed by atoms with van der Waals surface area (Å²) in [5, 5.41) is 14.3. The molecule has 276 valence electrons. The van der Waals surface area contributed by atoms with Crippen molar-refractivity contribution in [1.29, 1.82) is 5.26 Å². The van der Waals surface area contributed by atoms with Crippen molar-refractivity contribution < 1.29 is 18.3 Å². The molecule has 5 aliphatic heterocycles. The minimum atomic E-state index is -0.713. The number of hydrogen-bond acceptors (Lipinski definition) is 10. The lowest BCUT2D eigenvalue weighted by atomic mass is 9.85. The minimum Gasteiger partial charge on any atom is -0.461 e. The number of aromatic nitrogens is 2. The van der Waals surface area contributed by atoms with E-state index in [9.17, 15) is 10.1 Å². The summed E-state index contributed by atoms with van der Waals surface area (Å²) in [6, 6.07) is 6.70. The Kier molecular flexibility index (Phi) is 7.69. The van der Waals surface area contributed by atoms with Crippen LogP contribution in [0.5, 0.6) is 6.01 Å². The van der Waals surface area contributed by atoms with Crippen LogP contribution >= 0.6 is 22.9 Å². The quantitative estimate of drug-likeness (QED) is 0.204. The minimum absolute atomic E-state index is 0.00616. The predicted molar refractivity (Wildman–Crippen MR) is 201 cm³/mol. The molecule has 1 amide bonds. The number of likely N-dealkylation sites (tertiary alicyclic amines) is 1. The van der Waals surface area contributed by atoms with Gasteiger partial charge >= 0.3 is 6.01 Å². The van der Waals surface area contributed by atoms with Gasteiger partial charge in [-0.1, -0.05) is 24.6 Å². The number of nitrogens with zero attached hydrogens (tertiary/aromatic N) is 6. The van der Waals surface area contributed by atoms with Crippen LogP contribution in [0.4, 0.5) is 19.6 Å². The van der Waals surface area contributed by atoms with Crippen molar-refractivity contribution in [2.24, 2.45) is 11.8 Å². The first-order valence-corrected chi connectivity index (χ1v) is 20.1. The lowest BCUT2D eigenvalue weighted by Gasteiger charge is -2.38. The Bertz CT molecular complexity index is 2250. The molecule has 5 saturated heterocycles. The van der Waals surface area contributed by atoms with Gasteiger partial charge in [0.25, 0.3) is 0 Å². The van der Waals surface area contributed by atoms with Crippen LogP contribution in [0.25, 0.3) is 32.1 Å². The molecule has 14 heteroatoms. The number of amides is 1. The number of thiophene rings is 1. The number of ether oxygens (including phenoxy) is 1. The number of halogens is 3. The lowest BCUT2D eigenvalue weighted by Crippen LogP contribution is -2.54. The largest absolute Gasteiger partial charge is 0.461 e. The van der Waals surface area contributed by atoms with E-state index in [1.54, 1.807) is 6.07 Å². The summed E-state index contributed by atoms with van der Waals surface area (Å²) >= 11 is 7.94. The van der Waals surface area contributed by atoms with E-state index in [2.05, 4.69) is 33.0 Å². The molecule has 53 heavy (non-hydrogen) atoms. The second kappa shape index (κ2) is 12.1. The first-order valence-electron chi connectivity index (χ1n) is 18.9. The topological polar surface area (TPSA) is 134 Å². The zero-order valence-electron chi connectivity index (χ0n) is 29.6. The van der Waals surface area contributed by atoms with Gasteiger partial charge in [-0.2, -0.15) is 15.2 Å². The van der Waals surface area contributed by atoms with Gasteiger partial charge in [-0.25, -0.2) is 8.78 Å². The lowest BCUT2D eigenvalue weighted by molar-refractivity contribution is -0.135. The molecule has 6 fully saturated rings. The van der Waals surface area contributed by atoms with E-state index in [-0.39, 0.29) is 77.3 Å². The summed E-state index contributed by atoms with van der Waals surface area (Å²) in [6.45, 7) is 6.58. The standard InChI is InChI=1S/C39H41ClF2N8O2S/c1-20-8-14-50(36(51)32-30(45-32)21-4-5-21)39(20)11-15-48(18-39)35-23-16-25(40)28(22-6-7-26(41)33-27(22)24(17-43)34(44)53-33)29(42)31(23)46-37(47-35)52-19-38-9-2-12-49(38)13-3-10-38/h6-7,16,20-21,30,32,45H,2-5,8-15,18-19,44H2,1H3/t20-,30-,32+,39+/m0/s1. The van der Waals surface area contributed by atoms with E-state index < -0.39 is 11.6 Å². The number of carbonyl (C=O) groups is 1. The second-order valence-corrected chi connectivity index (χ2v) is 17.7. The van der Waals surface area contributed by atoms with Crippen molar-refractivity contribution in [3.05, 3.63) is 40.4 Å². The molecule has 0 unspecified atom stereocenters. The van der Waals surface area contributed by atoms with E-state index in [1.165, 1.54) is 25.0 Å². The molecule has 2 aromatic heterocycles. The highest BCUT2D eigenvalue weighted by Crippen LogP contribution is 2.49. The predicted octanol–water partition coefficient (Wildman–Crippen LogP) is 6.47. The maximum absolute atomic E-state index is 17.3. The van der Waals surface area contributed by atoms with E-state index in [0.717, 1.165) is 63.0 Å². The van der Waals surface area contributed by atoms with Gasteiger partial charge in [0.15, 0.2) is 5.82 Å². The summed E-state index contributed by atoms with van der Waals surface area (Å²) in [6.07, 6.45) is 8.33. The highest BCUT2D eigenvalue weighted by molar-refractivity contribution is 7.23. The summed E-state index contributed by atoms with van der Waals surface area (Å²) in [5.74, 6) is 0.323. The van der Waals surface area contributed by atoms with Crippen molar-refractivity contribution >= 4 is 60.7 Å². The number of nitrogens with one attached hydrogen (secondary N) is 1. The molecule has 6 aliphatic rings. The fourth-order valence-electron chi connectivity index (χ4n) is 10.3. The fraction of sp³-hybridized carbons (Fsp3) is 0.538. The zero-order chi connectivity index (χ0) is 36.4. The first kappa shape index (κ1) is 33.7. The Labute approximate surface area is 315 Å². The SMILES string of the molecule is C[C@H]1CCN(C(=O)[C@@H]2N[C@H]2C2CC2)[C@@]12CCN(c1nc(OCC34CCCN3CCC4)nc3c(F)c(-c4ccc(F)c5sc(N)c(C#N)c45)c(Cl)cc13)C2. The molecule has 10 rings (SSSR count). The Morgan fingerprint density at radius 3 is 2.70 bits per heavy atom. The smallest absolute Gasteiger partial charge is 0.319 e. The molecule has 4 atom stereocenters. The van der Waals surface area contributed by atoms with Crippen LogP contribution in [-0.4, -0.2) is 88.2 Å². The maximum Gasteiger partial charge on any atom is 0.319 e. The highest BCUT2D eigenvalue weighted by Gasteiger charge is 2.59. The normalized spacial score (nSPS) is 27.7. The van der Waals surface area contributed by atoms with Crippen LogP contribution < -0.4 is 20.7 Å². The van der Waals surface area contributed by atoms with Crippen LogP contribution in [-0.2, 0) is 4.79 Å². The Morgan fingerprint density at radius 2 is 1.94 bits per heavy atom. The molecule has 3 N–H and O–H groups in total. The van der Waals surface area contributed by atoms with Gasteiger partial charge < -0.3 is 20.3 Å². The van der Waals surface area contributed by atoms with Crippen molar-refractivity contribution in [2.45, 2.75) is 81.5 Å². The molecule has 1 spiro atoms. The fourth-order valence-corrected chi connectivity index (χ4v) is 11.6. The third-order valence-electron chi connectivity index (χ3n) is 13.4. The van der Waals surface area contributed by atoms with Gasteiger partial charge in [0.1, 0.15) is 40.9 Å². The van der Waals surface area contributed by atoms with Gasteiger partial charge in [-0.3, -0.25) is 15.0 Å². The number of nitrogens with two attached hydrogens (primary N) is 1. The number of fused-ring (bicyclic) bond motifs is 3. The summed E-state index contributed by atoms with van der Waals surface area (Å²) in [5.41, 5.74) is 6.05. The second-order valence-electron chi connectivity index (χ2n) is 16.2. The molecule has 10 nitrogen and oxygen atoms in total. The molecule has 4 aromatic rings. The third-order valence-corrected chi connectivity index (χ3v) is 14.8. The van der Waals surface area contributed by atoms with Gasteiger partial charge in [0, 0.05) is 42.0 Å². The zero-order valence-corrected chi connectivity index (χ0v) is 31.1. The highest BCUT2D eigenvalue weighted by atomic mass is 35.5. The molecule has 0 radical (unpaired) electrons. The number of nitrogen functional groups attached to an aromatic ring is 1. The molecular formula is C39H41ClF2N8O2S. The summed E-state index contributed by atoms with van der Waals surface area (Å²) in [7, 11) is 0. The van der Waals surface area contributed by atoms with Gasteiger partial charge in [0.2, 0.25) is 5.91 Å². The van der Waals surface area contributed by atoms with Crippen LogP contribution in [0.3, 0.4) is 0 Å². The molecule has 1 aliphatic carbocycles. The van der Waals surface area contributed by atoms with Gasteiger partial charge in [0.05, 0.1) is 26.4 Å². The van der Waals surface area contributed by atoms with Crippen molar-refractivity contribution in [3.8, 4) is 23.2 Å². The number of nitriles is 1. The van der Waals surface area contributed by atoms with Crippen LogP contribution in [0, 0.1) is 34.8 Å². The molecule has 0 bridgehead atoms. The molecular weight excluding hydrogens is 718 g/mol. The number of rotatable bonds is 7. The van der Waals surface area contributed by atoms with Crippen molar-refractivity contribution in [1.82, 2.24) is 25.1 Å². The van der Waals surface area contributed by atoms with Crippen LogP contribution in [0.1, 0.15) is 63.9 Å². The van der Waals surface area contributed by atoms with Gasteiger partial charge in [-0.15, -0.1) is 11.3 Å². The number of hydrogen-bond donors (Lipinski definition) is 2. The monoisotopic (exact) mass is 758 g/mol. The number of carbonyl (C=O) groups excluding carboxylic acids is 1. The summed E-state index contributed by atoms with van der Waals surface area (Å²) < 4.78 is 39.0. The number of anilines is 2. The number of benzene rings is 2. The Morgan fingerprint density at radius 1 is 1.15 bits per heavy atom. The van der Waals surface area contributed by atoms with Crippen LogP contribution in [0.2, 0.25) is 5.02 Å². The first-order chi connectivity index (χ1) is 25.6. The van der Waals surface area contributed by atoms with E-state index in [0.29, 0.717) is 49.4 Å². The average Bonchev–Trinajstić information content (AvgIpc) is 3.91. The maximum atomic E-state index is 17.3. The Balaban J connectivity index is 1.08. The molecule has 1 saturated carbocycles. The molecule has 2 aromatic carbocycles. The van der Waals surface area contributed by atoms with E-state index in [1.807, 2.05) is 0 Å². The van der Waals surface area contributed by atoms with Crippen molar-refractivity contribution in [3.63, 3.8) is 0 Å². The summed E-state index contributed by atoms with van der Waals surface area (Å²) in [4.78, 5) is 30.4. The molecule has 7 heterocycles. The van der Waals surface area contributed by atoms with Gasteiger partial charge in [-0.05, 0) is 94.0 Å². The van der Waals surface area contributed by atoms with Crippen molar-refractivity contribution in [2.75, 3.05) is 50.0 Å². The average molecular weight is 759 g/mol.